The lowest BCUT2D eigenvalue weighted by molar-refractivity contribution is 0.0965. The average Bonchev–Trinajstić information content (AvgIpc) is 2.23. The molecule has 0 aliphatic carbocycles. The van der Waals surface area contributed by atoms with Crippen LogP contribution in [0.4, 0.5) is 5.69 Å². The highest BCUT2D eigenvalue weighted by Gasteiger charge is 1.95. The van der Waals surface area contributed by atoms with Crippen molar-refractivity contribution in [2.24, 2.45) is 0 Å². The SMILES string of the molecule is CCCCOCCOc1cc(N)ccn1. The fraction of sp³-hybridized carbons (Fsp3) is 0.545. The van der Waals surface area contributed by atoms with Crippen molar-refractivity contribution < 1.29 is 9.47 Å². The molecule has 1 rings (SSSR count). The van der Waals surface area contributed by atoms with E-state index in [1.165, 1.54) is 0 Å². The molecule has 0 aliphatic heterocycles. The van der Waals surface area contributed by atoms with E-state index in [9.17, 15) is 0 Å². The topological polar surface area (TPSA) is 57.4 Å². The molecule has 2 N–H and O–H groups in total. The number of hydrogen-bond donors (Lipinski definition) is 1. The van der Waals surface area contributed by atoms with Crippen LogP contribution in [0, 0.1) is 0 Å². The molecule has 1 aromatic rings. The van der Waals surface area contributed by atoms with E-state index in [1.807, 2.05) is 0 Å². The first-order chi connectivity index (χ1) is 7.33. The van der Waals surface area contributed by atoms with E-state index in [2.05, 4.69) is 11.9 Å². The standard InChI is InChI=1S/C11H18N2O2/c1-2-3-6-14-7-8-15-11-9-10(12)4-5-13-11/h4-5,9H,2-3,6-8H2,1H3,(H2,12,13). The number of nitrogen functional groups attached to an aromatic ring is 1. The van der Waals surface area contributed by atoms with Gasteiger partial charge < -0.3 is 15.2 Å². The number of ether oxygens (including phenoxy) is 2. The van der Waals surface area contributed by atoms with Gasteiger partial charge in [-0.15, -0.1) is 0 Å². The molecule has 0 unspecified atom stereocenters. The Morgan fingerprint density at radius 3 is 2.93 bits per heavy atom. The fourth-order valence-corrected chi connectivity index (χ4v) is 1.06. The van der Waals surface area contributed by atoms with Crippen molar-refractivity contribution in [1.82, 2.24) is 4.98 Å². The lowest BCUT2D eigenvalue weighted by Crippen LogP contribution is -2.08. The van der Waals surface area contributed by atoms with Crippen LogP contribution in [0.2, 0.25) is 0 Å². The molecule has 0 fully saturated rings. The molecule has 0 spiro atoms. The molecule has 4 nitrogen and oxygen atoms in total. The molecule has 0 amide bonds. The molecule has 0 aromatic carbocycles. The number of rotatable bonds is 7. The maximum absolute atomic E-state index is 5.58. The zero-order valence-corrected chi connectivity index (χ0v) is 9.11. The summed E-state index contributed by atoms with van der Waals surface area (Å²) < 4.78 is 10.7. The highest BCUT2D eigenvalue weighted by atomic mass is 16.5. The summed E-state index contributed by atoms with van der Waals surface area (Å²) in [6, 6.07) is 3.43. The van der Waals surface area contributed by atoms with Crippen LogP contribution in [-0.2, 0) is 4.74 Å². The monoisotopic (exact) mass is 210 g/mol. The van der Waals surface area contributed by atoms with E-state index < -0.39 is 0 Å². The Labute approximate surface area is 90.4 Å². The molecule has 1 heterocycles. The lowest BCUT2D eigenvalue weighted by Gasteiger charge is -2.06. The molecule has 84 valence electrons. The van der Waals surface area contributed by atoms with Crippen LogP contribution in [0.25, 0.3) is 0 Å². The largest absolute Gasteiger partial charge is 0.475 e. The summed E-state index contributed by atoms with van der Waals surface area (Å²) in [6.07, 6.45) is 3.87. The van der Waals surface area contributed by atoms with E-state index in [-0.39, 0.29) is 0 Å². The van der Waals surface area contributed by atoms with Gasteiger partial charge in [-0.2, -0.15) is 0 Å². The van der Waals surface area contributed by atoms with Crippen molar-refractivity contribution in [3.05, 3.63) is 18.3 Å². The van der Waals surface area contributed by atoms with Crippen LogP contribution in [-0.4, -0.2) is 24.8 Å². The number of anilines is 1. The van der Waals surface area contributed by atoms with E-state index >= 15 is 0 Å². The molecule has 1 aromatic heterocycles. The quantitative estimate of drug-likeness (QED) is 0.698. The molecular weight excluding hydrogens is 192 g/mol. The Morgan fingerprint density at radius 2 is 2.20 bits per heavy atom. The van der Waals surface area contributed by atoms with E-state index in [4.69, 9.17) is 15.2 Å². The van der Waals surface area contributed by atoms with Crippen LogP contribution < -0.4 is 10.5 Å². The van der Waals surface area contributed by atoms with Crippen molar-refractivity contribution >= 4 is 5.69 Å². The first-order valence-electron chi connectivity index (χ1n) is 5.25. The van der Waals surface area contributed by atoms with Gasteiger partial charge in [0, 0.05) is 24.6 Å². The first-order valence-corrected chi connectivity index (χ1v) is 5.25. The first kappa shape index (κ1) is 11.8. The van der Waals surface area contributed by atoms with Gasteiger partial charge in [0.25, 0.3) is 0 Å². The third-order valence-corrected chi connectivity index (χ3v) is 1.88. The average molecular weight is 210 g/mol. The van der Waals surface area contributed by atoms with Gasteiger partial charge in [-0.3, -0.25) is 0 Å². The van der Waals surface area contributed by atoms with Crippen molar-refractivity contribution in [1.29, 1.82) is 0 Å². The second-order valence-corrected chi connectivity index (χ2v) is 3.24. The van der Waals surface area contributed by atoms with E-state index in [0.717, 1.165) is 19.4 Å². The Kier molecular flexibility index (Phi) is 5.55. The van der Waals surface area contributed by atoms with Crippen LogP contribution >= 0.6 is 0 Å². The third kappa shape index (κ3) is 5.22. The van der Waals surface area contributed by atoms with E-state index in [0.29, 0.717) is 24.8 Å². The second kappa shape index (κ2) is 7.06. The predicted molar refractivity (Wildman–Crippen MR) is 59.9 cm³/mol. The fourth-order valence-electron chi connectivity index (χ4n) is 1.06. The highest BCUT2D eigenvalue weighted by Crippen LogP contribution is 2.09. The number of nitrogens with zero attached hydrogens (tertiary/aromatic N) is 1. The molecule has 0 aliphatic rings. The smallest absolute Gasteiger partial charge is 0.215 e. The number of hydrogen-bond acceptors (Lipinski definition) is 4. The maximum atomic E-state index is 5.58. The minimum absolute atomic E-state index is 0.514. The molecule has 4 heteroatoms. The molecule has 15 heavy (non-hydrogen) atoms. The predicted octanol–water partition coefficient (Wildman–Crippen LogP) is 1.86. The molecule has 0 bridgehead atoms. The van der Waals surface area contributed by atoms with Gasteiger partial charge >= 0.3 is 0 Å². The minimum atomic E-state index is 0.514. The summed E-state index contributed by atoms with van der Waals surface area (Å²) >= 11 is 0. The van der Waals surface area contributed by atoms with Gasteiger partial charge in [-0.1, -0.05) is 13.3 Å². The lowest BCUT2D eigenvalue weighted by atomic mass is 10.4. The van der Waals surface area contributed by atoms with Gasteiger partial charge in [0.1, 0.15) is 6.61 Å². The van der Waals surface area contributed by atoms with Gasteiger partial charge in [0.15, 0.2) is 0 Å². The molecule has 0 radical (unpaired) electrons. The summed E-state index contributed by atoms with van der Waals surface area (Å²) in [7, 11) is 0. The summed E-state index contributed by atoms with van der Waals surface area (Å²) in [6.45, 7) is 4.04. The number of unbranched alkanes of at least 4 members (excludes halogenated alkanes) is 1. The van der Waals surface area contributed by atoms with Crippen molar-refractivity contribution in [3.63, 3.8) is 0 Å². The summed E-state index contributed by atoms with van der Waals surface area (Å²) in [5, 5.41) is 0. The Bertz CT molecular complexity index is 279. The second-order valence-electron chi connectivity index (χ2n) is 3.24. The van der Waals surface area contributed by atoms with Crippen molar-refractivity contribution in [3.8, 4) is 5.88 Å². The van der Waals surface area contributed by atoms with Gasteiger partial charge in [0.05, 0.1) is 6.61 Å². The van der Waals surface area contributed by atoms with Crippen LogP contribution in [0.3, 0.4) is 0 Å². The minimum Gasteiger partial charge on any atom is -0.475 e. The van der Waals surface area contributed by atoms with Crippen molar-refractivity contribution in [2.45, 2.75) is 19.8 Å². The molecular formula is C11H18N2O2. The van der Waals surface area contributed by atoms with E-state index in [1.54, 1.807) is 18.3 Å². The summed E-state index contributed by atoms with van der Waals surface area (Å²) in [5.41, 5.74) is 6.24. The third-order valence-electron chi connectivity index (χ3n) is 1.88. The summed E-state index contributed by atoms with van der Waals surface area (Å²) in [4.78, 5) is 4.02. The molecule has 0 atom stereocenters. The maximum Gasteiger partial charge on any atom is 0.215 e. The normalized spacial score (nSPS) is 10.2. The number of nitrogens with two attached hydrogens (primary N) is 1. The van der Waals surface area contributed by atoms with Crippen LogP contribution in [0.15, 0.2) is 18.3 Å². The Hall–Kier alpha value is -1.29. The zero-order chi connectivity index (χ0) is 10.9. The van der Waals surface area contributed by atoms with Gasteiger partial charge in [-0.05, 0) is 12.5 Å². The number of pyridine rings is 1. The number of aromatic nitrogens is 1. The Morgan fingerprint density at radius 1 is 1.33 bits per heavy atom. The molecule has 0 saturated heterocycles. The van der Waals surface area contributed by atoms with Gasteiger partial charge in [-0.25, -0.2) is 4.98 Å². The highest BCUT2D eigenvalue weighted by molar-refractivity contribution is 5.39. The Balaban J connectivity index is 2.10. The van der Waals surface area contributed by atoms with Crippen LogP contribution in [0.5, 0.6) is 5.88 Å². The van der Waals surface area contributed by atoms with Crippen molar-refractivity contribution in [2.75, 3.05) is 25.6 Å². The zero-order valence-electron chi connectivity index (χ0n) is 9.11. The van der Waals surface area contributed by atoms with Gasteiger partial charge in [0.2, 0.25) is 5.88 Å². The molecule has 0 saturated carbocycles. The van der Waals surface area contributed by atoms with Crippen LogP contribution in [0.1, 0.15) is 19.8 Å². The summed E-state index contributed by atoms with van der Waals surface area (Å²) in [5.74, 6) is 0.550.